The second-order valence-corrected chi connectivity index (χ2v) is 8.76. The predicted octanol–water partition coefficient (Wildman–Crippen LogP) is 2.47. The monoisotopic (exact) mass is 399 g/mol. The van der Waals surface area contributed by atoms with Crippen LogP contribution in [0.15, 0.2) is 23.3 Å². The Morgan fingerprint density at radius 3 is 3.00 bits per heavy atom. The number of aliphatic imine (C=N–C) groups is 1. The van der Waals surface area contributed by atoms with E-state index in [2.05, 4.69) is 25.5 Å². The first-order valence-electron chi connectivity index (χ1n) is 11.0. The van der Waals surface area contributed by atoms with Crippen LogP contribution in [0.3, 0.4) is 0 Å². The molecule has 1 spiro atoms. The summed E-state index contributed by atoms with van der Waals surface area (Å²) in [5.41, 5.74) is 1.20. The number of aromatic nitrogens is 1. The van der Waals surface area contributed by atoms with Crippen LogP contribution in [0.4, 0.5) is 0 Å². The number of pyridine rings is 1. The molecule has 3 aliphatic rings. The second kappa shape index (κ2) is 9.01. The topological polar surface area (TPSA) is 78.9 Å². The zero-order valence-electron chi connectivity index (χ0n) is 17.5. The quantitative estimate of drug-likeness (QED) is 0.601. The second-order valence-electron chi connectivity index (χ2n) is 8.76. The maximum Gasteiger partial charge on any atom is 0.220 e. The molecular weight excluding hydrogens is 366 g/mol. The van der Waals surface area contributed by atoms with Gasteiger partial charge in [0.25, 0.3) is 0 Å². The molecule has 0 aromatic carbocycles. The molecule has 2 aliphatic heterocycles. The van der Waals surface area contributed by atoms with Gasteiger partial charge >= 0.3 is 0 Å². The van der Waals surface area contributed by atoms with Gasteiger partial charge in [-0.1, -0.05) is 6.42 Å². The van der Waals surface area contributed by atoms with E-state index >= 15 is 0 Å². The third-order valence-electron chi connectivity index (χ3n) is 6.46. The number of carbonyl (C=O) groups excluding carboxylic acids is 1. The Bertz CT molecular complexity index is 746. The van der Waals surface area contributed by atoms with E-state index in [0.717, 1.165) is 62.7 Å². The molecule has 1 saturated carbocycles. The summed E-state index contributed by atoms with van der Waals surface area (Å²) in [4.78, 5) is 22.9. The van der Waals surface area contributed by atoms with E-state index in [0.29, 0.717) is 19.1 Å². The molecule has 4 rings (SSSR count). The van der Waals surface area contributed by atoms with Crippen LogP contribution in [-0.4, -0.2) is 54.5 Å². The summed E-state index contributed by atoms with van der Waals surface area (Å²) in [6, 6.07) is 4.05. The number of hydrogen-bond donors (Lipinski definition) is 2. The standard InChI is InChI=1S/C22H33N5O2/c1-23-21(27-11-5-9-22(16-27)13-19(28)26-15-22)25-14-17-8-10-24-20(12-17)29-18-6-3-2-4-7-18/h8,10,12,18H,2-7,9,11,13-16H2,1H3,(H,23,25)(H,26,28). The van der Waals surface area contributed by atoms with Crippen molar-refractivity contribution in [1.82, 2.24) is 20.5 Å². The summed E-state index contributed by atoms with van der Waals surface area (Å²) in [5, 5.41) is 6.50. The fourth-order valence-corrected chi connectivity index (χ4v) is 4.92. The molecule has 2 N–H and O–H groups in total. The predicted molar refractivity (Wildman–Crippen MR) is 113 cm³/mol. The molecule has 1 aromatic heterocycles. The van der Waals surface area contributed by atoms with Gasteiger partial charge in [-0.15, -0.1) is 0 Å². The molecule has 1 aromatic rings. The van der Waals surface area contributed by atoms with Crippen LogP contribution in [0.2, 0.25) is 0 Å². The van der Waals surface area contributed by atoms with Crippen molar-refractivity contribution in [2.75, 3.05) is 26.7 Å². The van der Waals surface area contributed by atoms with Gasteiger partial charge in [0.1, 0.15) is 6.10 Å². The summed E-state index contributed by atoms with van der Waals surface area (Å²) >= 11 is 0. The number of hydrogen-bond acceptors (Lipinski definition) is 4. The minimum Gasteiger partial charge on any atom is -0.474 e. The highest BCUT2D eigenvalue weighted by molar-refractivity contribution is 5.81. The molecule has 3 heterocycles. The number of rotatable bonds is 4. The van der Waals surface area contributed by atoms with Crippen molar-refractivity contribution in [3.8, 4) is 5.88 Å². The Morgan fingerprint density at radius 1 is 1.38 bits per heavy atom. The third kappa shape index (κ3) is 5.00. The van der Waals surface area contributed by atoms with Crippen molar-refractivity contribution in [3.05, 3.63) is 23.9 Å². The number of nitrogens with one attached hydrogen (secondary N) is 2. The van der Waals surface area contributed by atoms with Crippen LogP contribution in [-0.2, 0) is 11.3 Å². The first-order chi connectivity index (χ1) is 14.2. The maximum atomic E-state index is 11.8. The van der Waals surface area contributed by atoms with E-state index in [9.17, 15) is 4.79 Å². The Morgan fingerprint density at radius 2 is 2.24 bits per heavy atom. The molecule has 0 radical (unpaired) electrons. The molecule has 1 atom stereocenters. The zero-order valence-corrected chi connectivity index (χ0v) is 17.5. The van der Waals surface area contributed by atoms with Crippen molar-refractivity contribution in [2.24, 2.45) is 10.4 Å². The third-order valence-corrected chi connectivity index (χ3v) is 6.46. The van der Waals surface area contributed by atoms with Gasteiger partial charge in [-0.3, -0.25) is 9.79 Å². The number of carbonyl (C=O) groups is 1. The first kappa shape index (κ1) is 20.0. The summed E-state index contributed by atoms with van der Waals surface area (Å²) in [5.74, 6) is 1.80. The lowest BCUT2D eigenvalue weighted by Gasteiger charge is -2.40. The SMILES string of the molecule is CN=C(NCc1ccnc(OC2CCCCC2)c1)N1CCCC2(CNC(=O)C2)C1. The molecule has 2 saturated heterocycles. The van der Waals surface area contributed by atoms with Crippen molar-refractivity contribution in [3.63, 3.8) is 0 Å². The Kier molecular flexibility index (Phi) is 6.21. The van der Waals surface area contributed by atoms with E-state index in [4.69, 9.17) is 4.74 Å². The lowest BCUT2D eigenvalue weighted by molar-refractivity contribution is -0.119. The smallest absolute Gasteiger partial charge is 0.220 e. The molecule has 1 amide bonds. The van der Waals surface area contributed by atoms with Crippen molar-refractivity contribution >= 4 is 11.9 Å². The van der Waals surface area contributed by atoms with Gasteiger partial charge in [-0.05, 0) is 50.2 Å². The van der Waals surface area contributed by atoms with Gasteiger partial charge in [0, 0.05) is 57.3 Å². The normalized spacial score (nSPS) is 25.9. The minimum atomic E-state index is 0.0601. The molecule has 3 fully saturated rings. The van der Waals surface area contributed by atoms with E-state index in [1.54, 1.807) is 0 Å². The lowest BCUT2D eigenvalue weighted by Crippen LogP contribution is -2.51. The molecule has 158 valence electrons. The Labute approximate surface area is 173 Å². The van der Waals surface area contributed by atoms with Crippen molar-refractivity contribution in [1.29, 1.82) is 0 Å². The Balaban J connectivity index is 1.33. The number of piperidine rings is 1. The average molecular weight is 400 g/mol. The van der Waals surface area contributed by atoms with Crippen LogP contribution in [0.25, 0.3) is 0 Å². The summed E-state index contributed by atoms with van der Waals surface area (Å²) in [6.45, 7) is 3.31. The van der Waals surface area contributed by atoms with Gasteiger partial charge in [0.05, 0.1) is 0 Å². The number of likely N-dealkylation sites (tertiary alicyclic amines) is 1. The van der Waals surface area contributed by atoms with E-state index in [-0.39, 0.29) is 11.3 Å². The molecule has 1 aliphatic carbocycles. The van der Waals surface area contributed by atoms with E-state index in [1.165, 1.54) is 19.3 Å². The van der Waals surface area contributed by atoms with Gasteiger partial charge in [0.2, 0.25) is 11.8 Å². The van der Waals surface area contributed by atoms with E-state index in [1.807, 2.05) is 25.4 Å². The number of ether oxygens (including phenoxy) is 1. The number of guanidine groups is 1. The fraction of sp³-hybridized carbons (Fsp3) is 0.682. The van der Waals surface area contributed by atoms with Gasteiger partial charge in [-0.2, -0.15) is 0 Å². The first-order valence-corrected chi connectivity index (χ1v) is 11.0. The van der Waals surface area contributed by atoms with Crippen LogP contribution in [0.5, 0.6) is 5.88 Å². The van der Waals surface area contributed by atoms with Crippen LogP contribution < -0.4 is 15.4 Å². The fourth-order valence-electron chi connectivity index (χ4n) is 4.92. The van der Waals surface area contributed by atoms with Crippen LogP contribution in [0, 0.1) is 5.41 Å². The number of amides is 1. The highest BCUT2D eigenvalue weighted by Crippen LogP contribution is 2.36. The molecule has 0 bridgehead atoms. The van der Waals surface area contributed by atoms with Gasteiger partial charge in [0.15, 0.2) is 5.96 Å². The van der Waals surface area contributed by atoms with Crippen molar-refractivity contribution in [2.45, 2.75) is 64.0 Å². The molecule has 7 heteroatoms. The number of nitrogens with zero attached hydrogens (tertiary/aromatic N) is 3. The lowest BCUT2D eigenvalue weighted by atomic mass is 9.79. The molecule has 29 heavy (non-hydrogen) atoms. The highest BCUT2D eigenvalue weighted by Gasteiger charge is 2.42. The van der Waals surface area contributed by atoms with Gasteiger partial charge in [-0.25, -0.2) is 4.98 Å². The van der Waals surface area contributed by atoms with E-state index < -0.39 is 0 Å². The highest BCUT2D eigenvalue weighted by atomic mass is 16.5. The summed E-state index contributed by atoms with van der Waals surface area (Å²) < 4.78 is 6.10. The molecule has 7 nitrogen and oxygen atoms in total. The van der Waals surface area contributed by atoms with Crippen molar-refractivity contribution < 1.29 is 9.53 Å². The largest absolute Gasteiger partial charge is 0.474 e. The Hall–Kier alpha value is -2.31. The minimum absolute atomic E-state index is 0.0601. The maximum absolute atomic E-state index is 11.8. The molecular formula is C22H33N5O2. The molecule has 1 unspecified atom stereocenters. The zero-order chi connectivity index (χ0) is 20.1. The van der Waals surface area contributed by atoms with Crippen LogP contribution >= 0.6 is 0 Å². The summed E-state index contributed by atoms with van der Waals surface area (Å²) in [7, 11) is 1.83. The summed E-state index contributed by atoms with van der Waals surface area (Å²) in [6.07, 6.45) is 11.0. The average Bonchev–Trinajstić information content (AvgIpc) is 3.09. The van der Waals surface area contributed by atoms with Gasteiger partial charge < -0.3 is 20.3 Å². The van der Waals surface area contributed by atoms with Crippen LogP contribution in [0.1, 0.15) is 56.9 Å².